The maximum atomic E-state index is 13.5. The Morgan fingerprint density at radius 1 is 0.678 bits per heavy atom. The summed E-state index contributed by atoms with van der Waals surface area (Å²) >= 11 is 0. The number of rotatable bonds is 9. The van der Waals surface area contributed by atoms with Gasteiger partial charge in [-0.3, -0.25) is 9.59 Å². The van der Waals surface area contributed by atoms with Gasteiger partial charge in [0.2, 0.25) is 11.8 Å². The molecule has 8 rings (SSSR count). The molecule has 14 heteroatoms. The van der Waals surface area contributed by atoms with E-state index < -0.39 is 24.3 Å². The Labute approximate surface area is 345 Å². The molecule has 2 aliphatic carbocycles. The van der Waals surface area contributed by atoms with Crippen LogP contribution < -0.4 is 10.6 Å². The number of hydrogen-bond donors (Lipinski definition) is 4. The summed E-state index contributed by atoms with van der Waals surface area (Å²) in [5, 5.41) is 5.23. The maximum absolute atomic E-state index is 13.5. The minimum atomic E-state index is -0.710. The second-order valence-electron chi connectivity index (χ2n) is 16.7. The predicted molar refractivity (Wildman–Crippen MR) is 222 cm³/mol. The lowest BCUT2D eigenvalue weighted by Crippen LogP contribution is -2.49. The third kappa shape index (κ3) is 7.81. The first kappa shape index (κ1) is 40.1. The van der Waals surface area contributed by atoms with E-state index in [0.717, 1.165) is 80.0 Å². The standard InChI is InChI=1S/C45H56N8O6/c1-27(48-43(56)58-3)41(54)52-23-9-5-11-36(52)39-46-25-34(50-39)30-15-13-29(14-16-30)31-17-18-32(33-19-22-45(38(31)33)20-7-8-21-45)35-26-47-40(51-35)37-12-6-10-24-53(37)42(55)28(2)49-44(57)59-4/h13-18,25-28,36-37H,5-12,19-24H2,1-4H3,(H,46,50)(H,47,51)(H,48,56)(H,49,57). The lowest BCUT2D eigenvalue weighted by Gasteiger charge is -2.36. The molecule has 2 aliphatic heterocycles. The Kier molecular flexibility index (Phi) is 11.5. The molecule has 2 aromatic heterocycles. The summed E-state index contributed by atoms with van der Waals surface area (Å²) in [7, 11) is 2.58. The van der Waals surface area contributed by atoms with E-state index in [1.807, 2.05) is 22.2 Å². The second-order valence-corrected chi connectivity index (χ2v) is 16.7. The highest BCUT2D eigenvalue weighted by atomic mass is 16.5. The topological polar surface area (TPSA) is 175 Å². The van der Waals surface area contributed by atoms with Crippen molar-refractivity contribution in [3.05, 3.63) is 71.6 Å². The Hall–Kier alpha value is -5.66. The van der Waals surface area contributed by atoms with Crippen LogP contribution in [0, 0.1) is 0 Å². The number of methoxy groups -OCH3 is 2. The van der Waals surface area contributed by atoms with Crippen molar-refractivity contribution < 1.29 is 28.7 Å². The van der Waals surface area contributed by atoms with E-state index in [4.69, 9.17) is 19.4 Å². The molecular weight excluding hydrogens is 749 g/mol. The number of likely N-dealkylation sites (tertiary alicyclic amines) is 2. The number of hydrogen-bond acceptors (Lipinski definition) is 8. The molecule has 4 atom stereocenters. The second kappa shape index (κ2) is 16.9. The Bertz CT molecular complexity index is 2190. The molecule has 3 fully saturated rings. The minimum Gasteiger partial charge on any atom is -0.453 e. The molecule has 59 heavy (non-hydrogen) atoms. The highest BCUT2D eigenvalue weighted by Crippen LogP contribution is 2.55. The number of fused-ring (bicyclic) bond motifs is 2. The zero-order valence-electron chi connectivity index (χ0n) is 34.6. The van der Waals surface area contributed by atoms with Crippen molar-refractivity contribution in [2.45, 2.75) is 120 Å². The first-order valence-electron chi connectivity index (χ1n) is 21.3. The van der Waals surface area contributed by atoms with Crippen LogP contribution in [-0.4, -0.2) is 93.1 Å². The van der Waals surface area contributed by atoms with Gasteiger partial charge in [-0.1, -0.05) is 49.2 Å². The maximum Gasteiger partial charge on any atom is 0.407 e. The summed E-state index contributed by atoms with van der Waals surface area (Å²) in [5.41, 5.74) is 9.51. The zero-order chi connectivity index (χ0) is 41.3. The number of alkyl carbamates (subject to hydrolysis) is 2. The van der Waals surface area contributed by atoms with Crippen LogP contribution in [0.1, 0.15) is 119 Å². The summed E-state index contributed by atoms with van der Waals surface area (Å²) < 4.78 is 9.44. The van der Waals surface area contributed by atoms with Crippen LogP contribution >= 0.6 is 0 Å². The smallest absolute Gasteiger partial charge is 0.407 e. The first-order chi connectivity index (χ1) is 28.6. The number of carbonyl (C=O) groups is 4. The van der Waals surface area contributed by atoms with E-state index in [9.17, 15) is 19.2 Å². The van der Waals surface area contributed by atoms with Gasteiger partial charge < -0.3 is 39.9 Å². The average Bonchev–Trinajstić information content (AvgIpc) is 4.12. The van der Waals surface area contributed by atoms with E-state index in [-0.39, 0.29) is 29.3 Å². The van der Waals surface area contributed by atoms with Gasteiger partial charge in [0, 0.05) is 18.7 Å². The van der Waals surface area contributed by atoms with E-state index in [0.29, 0.717) is 13.1 Å². The van der Waals surface area contributed by atoms with Gasteiger partial charge in [0.05, 0.1) is 50.1 Å². The van der Waals surface area contributed by atoms with E-state index >= 15 is 0 Å². The van der Waals surface area contributed by atoms with Gasteiger partial charge in [-0.2, -0.15) is 0 Å². The Morgan fingerprint density at radius 3 is 1.75 bits per heavy atom. The molecule has 0 bridgehead atoms. The number of aromatic nitrogens is 4. The van der Waals surface area contributed by atoms with Crippen molar-refractivity contribution in [3.8, 4) is 33.6 Å². The molecule has 0 radical (unpaired) electrons. The van der Waals surface area contributed by atoms with Crippen LogP contribution in [0.5, 0.6) is 0 Å². The van der Waals surface area contributed by atoms with Crippen LogP contribution in [0.4, 0.5) is 9.59 Å². The molecule has 1 spiro atoms. The van der Waals surface area contributed by atoms with Gasteiger partial charge >= 0.3 is 12.2 Å². The molecule has 4 amide bonds. The number of amides is 4. The Morgan fingerprint density at radius 2 is 1.19 bits per heavy atom. The minimum absolute atomic E-state index is 0.144. The quantitative estimate of drug-likeness (QED) is 0.135. The van der Waals surface area contributed by atoms with Crippen LogP contribution in [0.15, 0.2) is 48.8 Å². The van der Waals surface area contributed by atoms with Gasteiger partial charge in [0.25, 0.3) is 0 Å². The lowest BCUT2D eigenvalue weighted by atomic mass is 9.76. The van der Waals surface area contributed by atoms with Crippen LogP contribution in [0.2, 0.25) is 0 Å². The largest absolute Gasteiger partial charge is 0.453 e. The van der Waals surface area contributed by atoms with Gasteiger partial charge in [-0.25, -0.2) is 19.6 Å². The molecule has 2 saturated heterocycles. The fourth-order valence-electron chi connectivity index (χ4n) is 10.2. The van der Waals surface area contributed by atoms with Gasteiger partial charge in [0.1, 0.15) is 23.7 Å². The number of aromatic amines is 2. The number of nitrogens with zero attached hydrogens (tertiary/aromatic N) is 4. The molecule has 2 aromatic carbocycles. The predicted octanol–water partition coefficient (Wildman–Crippen LogP) is 7.49. The normalized spacial score (nSPS) is 20.8. The van der Waals surface area contributed by atoms with Crippen molar-refractivity contribution in [2.75, 3.05) is 27.3 Å². The number of H-pyrrole nitrogens is 2. The van der Waals surface area contributed by atoms with Crippen LogP contribution in [-0.2, 0) is 30.9 Å². The molecule has 1 saturated carbocycles. The fraction of sp³-hybridized carbons (Fsp3) is 0.511. The zero-order valence-corrected chi connectivity index (χ0v) is 34.6. The molecular formula is C45H56N8O6. The first-order valence-corrected chi connectivity index (χ1v) is 21.3. The summed E-state index contributed by atoms with van der Waals surface area (Å²) in [6, 6.07) is 11.4. The average molecular weight is 805 g/mol. The summed E-state index contributed by atoms with van der Waals surface area (Å²) in [6.45, 7) is 4.58. The molecule has 4 N–H and O–H groups in total. The highest BCUT2D eigenvalue weighted by Gasteiger charge is 2.44. The highest BCUT2D eigenvalue weighted by molar-refractivity contribution is 5.86. The summed E-state index contributed by atoms with van der Waals surface area (Å²) in [4.78, 5) is 71.1. The molecule has 4 heterocycles. The van der Waals surface area contributed by atoms with Crippen molar-refractivity contribution in [2.24, 2.45) is 0 Å². The molecule has 312 valence electrons. The summed E-state index contributed by atoms with van der Waals surface area (Å²) in [6.07, 6.45) is 14.9. The van der Waals surface area contributed by atoms with Crippen molar-refractivity contribution in [1.82, 2.24) is 40.4 Å². The number of ether oxygens (including phenoxy) is 2. The fourth-order valence-corrected chi connectivity index (χ4v) is 10.2. The van der Waals surface area contributed by atoms with Gasteiger partial charge in [0.15, 0.2) is 0 Å². The Balaban J connectivity index is 1.05. The van der Waals surface area contributed by atoms with E-state index in [1.165, 1.54) is 67.7 Å². The number of piperidine rings is 2. The van der Waals surface area contributed by atoms with Gasteiger partial charge in [-0.05, 0) is 111 Å². The number of imidazole rings is 2. The lowest BCUT2D eigenvalue weighted by molar-refractivity contribution is -0.137. The number of nitrogens with one attached hydrogen (secondary N) is 4. The number of benzene rings is 2. The SMILES string of the molecule is COC(=O)NC(C)C(=O)N1CCCCC1c1ncc(-c2ccc(-c3ccc(-c4cnc(C5CCCCN5C(=O)C(C)NC(=O)OC)[nH]4)c4c3C3(CCCC3)CC4)cc2)[nH]1. The monoisotopic (exact) mass is 804 g/mol. The summed E-state index contributed by atoms with van der Waals surface area (Å²) in [5.74, 6) is 1.22. The third-order valence-corrected chi connectivity index (χ3v) is 13.2. The number of carbonyl (C=O) groups excluding carboxylic acids is 4. The molecule has 4 aliphatic rings. The molecule has 4 aromatic rings. The molecule has 14 nitrogen and oxygen atoms in total. The molecule has 4 unspecified atom stereocenters. The van der Waals surface area contributed by atoms with Crippen molar-refractivity contribution >= 4 is 24.0 Å². The van der Waals surface area contributed by atoms with Gasteiger partial charge in [-0.15, -0.1) is 0 Å². The van der Waals surface area contributed by atoms with Crippen LogP contribution in [0.25, 0.3) is 33.6 Å². The third-order valence-electron chi connectivity index (χ3n) is 13.2. The van der Waals surface area contributed by atoms with E-state index in [2.05, 4.69) is 57.0 Å². The van der Waals surface area contributed by atoms with E-state index in [1.54, 1.807) is 13.8 Å². The van der Waals surface area contributed by atoms with Crippen molar-refractivity contribution in [1.29, 1.82) is 0 Å². The van der Waals surface area contributed by atoms with Crippen LogP contribution in [0.3, 0.4) is 0 Å². The van der Waals surface area contributed by atoms with Crippen molar-refractivity contribution in [3.63, 3.8) is 0 Å².